The van der Waals surface area contributed by atoms with Gasteiger partial charge in [0.1, 0.15) is 11.6 Å². The summed E-state index contributed by atoms with van der Waals surface area (Å²) in [5.41, 5.74) is 8.74. The highest BCUT2D eigenvalue weighted by Gasteiger charge is 2.08. The third kappa shape index (κ3) is 3.35. The lowest BCUT2D eigenvalue weighted by Crippen LogP contribution is -1.99. The second-order valence-electron chi connectivity index (χ2n) is 4.63. The molecule has 0 aliphatic heterocycles. The van der Waals surface area contributed by atoms with E-state index in [-0.39, 0.29) is 0 Å². The Morgan fingerprint density at radius 3 is 2.58 bits per heavy atom. The van der Waals surface area contributed by atoms with Gasteiger partial charge in [-0.25, -0.2) is 4.98 Å². The molecule has 0 saturated carbocycles. The van der Waals surface area contributed by atoms with E-state index in [1.807, 2.05) is 24.3 Å². The second kappa shape index (κ2) is 6.38. The molecule has 2 aromatic rings. The average Bonchev–Trinajstić information content (AvgIpc) is 2.80. The summed E-state index contributed by atoms with van der Waals surface area (Å²) in [5, 5.41) is 0. The Kier molecular flexibility index (Phi) is 4.58. The molecular formula is C15H21N3O. The summed E-state index contributed by atoms with van der Waals surface area (Å²) in [7, 11) is 1.67. The van der Waals surface area contributed by atoms with Gasteiger partial charge in [0.15, 0.2) is 0 Å². The number of methoxy groups -OCH3 is 1. The predicted octanol–water partition coefficient (Wildman–Crippen LogP) is 2.68. The molecule has 0 amide bonds. The Bertz CT molecular complexity index is 517. The smallest absolute Gasteiger partial charge is 0.118 e. The molecule has 0 bridgehead atoms. The fraction of sp³-hybridized carbons (Fsp3) is 0.400. The van der Waals surface area contributed by atoms with Crippen LogP contribution in [0.25, 0.3) is 11.3 Å². The van der Waals surface area contributed by atoms with Crippen LogP contribution >= 0.6 is 0 Å². The van der Waals surface area contributed by atoms with Crippen molar-refractivity contribution >= 4 is 0 Å². The quantitative estimate of drug-likeness (QED) is 0.784. The summed E-state index contributed by atoms with van der Waals surface area (Å²) < 4.78 is 5.17. The van der Waals surface area contributed by atoms with Gasteiger partial charge < -0.3 is 15.5 Å². The Labute approximate surface area is 114 Å². The van der Waals surface area contributed by atoms with E-state index < -0.39 is 0 Å². The Morgan fingerprint density at radius 1 is 1.21 bits per heavy atom. The summed E-state index contributed by atoms with van der Waals surface area (Å²) in [6.07, 6.45) is 3.07. The van der Waals surface area contributed by atoms with Crippen molar-refractivity contribution in [3.8, 4) is 17.0 Å². The Balaban J connectivity index is 2.14. The molecule has 3 N–H and O–H groups in total. The number of H-pyrrole nitrogens is 1. The summed E-state index contributed by atoms with van der Waals surface area (Å²) in [6, 6.07) is 7.98. The number of nitrogens with two attached hydrogens (primary N) is 1. The van der Waals surface area contributed by atoms with Crippen molar-refractivity contribution in [3.63, 3.8) is 0 Å². The van der Waals surface area contributed by atoms with Gasteiger partial charge in [0, 0.05) is 17.7 Å². The highest BCUT2D eigenvalue weighted by molar-refractivity contribution is 5.62. The molecule has 0 fully saturated rings. The zero-order chi connectivity index (χ0) is 13.7. The van der Waals surface area contributed by atoms with Crippen LogP contribution in [0, 0.1) is 6.92 Å². The number of rotatable bonds is 6. The maximum Gasteiger partial charge on any atom is 0.118 e. The topological polar surface area (TPSA) is 63.9 Å². The summed E-state index contributed by atoms with van der Waals surface area (Å²) in [4.78, 5) is 8.02. The van der Waals surface area contributed by atoms with Crippen LogP contribution in [0.4, 0.5) is 0 Å². The number of aryl methyl sites for hydroxylation is 2. The maximum atomic E-state index is 5.50. The van der Waals surface area contributed by atoms with Crippen LogP contribution in [0.1, 0.15) is 24.4 Å². The number of nitrogens with zero attached hydrogens (tertiary/aromatic N) is 1. The first kappa shape index (κ1) is 13.6. The Hall–Kier alpha value is -1.81. The lowest BCUT2D eigenvalue weighted by Gasteiger charge is -2.01. The van der Waals surface area contributed by atoms with Crippen molar-refractivity contribution in [2.45, 2.75) is 26.2 Å². The van der Waals surface area contributed by atoms with Crippen molar-refractivity contribution in [1.82, 2.24) is 9.97 Å². The molecular weight excluding hydrogens is 238 g/mol. The highest BCUT2D eigenvalue weighted by Crippen LogP contribution is 2.24. The highest BCUT2D eigenvalue weighted by atomic mass is 16.5. The molecule has 0 unspecified atom stereocenters. The van der Waals surface area contributed by atoms with E-state index in [4.69, 9.17) is 10.5 Å². The lowest BCUT2D eigenvalue weighted by molar-refractivity contribution is 0.415. The van der Waals surface area contributed by atoms with Crippen LogP contribution in [0.3, 0.4) is 0 Å². The molecule has 4 nitrogen and oxygen atoms in total. The molecule has 0 aliphatic carbocycles. The number of aromatic nitrogens is 2. The van der Waals surface area contributed by atoms with E-state index in [0.29, 0.717) is 0 Å². The van der Waals surface area contributed by atoms with E-state index in [1.54, 1.807) is 7.11 Å². The first-order chi connectivity index (χ1) is 9.24. The summed E-state index contributed by atoms with van der Waals surface area (Å²) in [6.45, 7) is 2.80. The van der Waals surface area contributed by atoms with Gasteiger partial charge >= 0.3 is 0 Å². The van der Waals surface area contributed by atoms with Gasteiger partial charge in [-0.3, -0.25) is 0 Å². The normalized spacial score (nSPS) is 10.7. The van der Waals surface area contributed by atoms with Crippen LogP contribution in [-0.2, 0) is 6.42 Å². The van der Waals surface area contributed by atoms with Gasteiger partial charge in [-0.1, -0.05) is 0 Å². The molecule has 0 spiro atoms. The molecule has 2 rings (SSSR count). The zero-order valence-corrected chi connectivity index (χ0v) is 11.6. The standard InChI is InChI=1S/C15H21N3O/c1-11-15(12-6-8-13(19-2)9-7-12)18-14(17-11)5-3-4-10-16/h6-9H,3-5,10,16H2,1-2H3,(H,17,18). The van der Waals surface area contributed by atoms with Crippen LogP contribution in [0.5, 0.6) is 5.75 Å². The van der Waals surface area contributed by atoms with Crippen molar-refractivity contribution in [1.29, 1.82) is 0 Å². The van der Waals surface area contributed by atoms with Crippen molar-refractivity contribution in [3.05, 3.63) is 35.8 Å². The number of ether oxygens (including phenoxy) is 1. The van der Waals surface area contributed by atoms with Gasteiger partial charge in [-0.2, -0.15) is 0 Å². The van der Waals surface area contributed by atoms with E-state index in [1.165, 1.54) is 0 Å². The van der Waals surface area contributed by atoms with Crippen molar-refractivity contribution < 1.29 is 4.74 Å². The summed E-state index contributed by atoms with van der Waals surface area (Å²) in [5.74, 6) is 1.90. The molecule has 0 saturated heterocycles. The van der Waals surface area contributed by atoms with Crippen LogP contribution < -0.4 is 10.5 Å². The monoisotopic (exact) mass is 259 g/mol. The molecule has 102 valence electrons. The minimum absolute atomic E-state index is 0.741. The minimum atomic E-state index is 0.741. The number of imidazole rings is 1. The van der Waals surface area contributed by atoms with Crippen LogP contribution in [0.15, 0.2) is 24.3 Å². The average molecular weight is 259 g/mol. The molecule has 0 radical (unpaired) electrons. The first-order valence-electron chi connectivity index (χ1n) is 6.64. The molecule has 1 aromatic heterocycles. The molecule has 4 heteroatoms. The fourth-order valence-electron chi connectivity index (χ4n) is 2.11. The van der Waals surface area contributed by atoms with E-state index in [0.717, 1.165) is 54.3 Å². The maximum absolute atomic E-state index is 5.50. The third-order valence-electron chi connectivity index (χ3n) is 3.16. The third-order valence-corrected chi connectivity index (χ3v) is 3.16. The number of hydrogen-bond acceptors (Lipinski definition) is 3. The predicted molar refractivity (Wildman–Crippen MR) is 77.3 cm³/mol. The van der Waals surface area contributed by atoms with Gasteiger partial charge in [0.05, 0.1) is 12.8 Å². The first-order valence-corrected chi connectivity index (χ1v) is 6.64. The fourth-order valence-corrected chi connectivity index (χ4v) is 2.11. The largest absolute Gasteiger partial charge is 0.497 e. The van der Waals surface area contributed by atoms with Crippen molar-refractivity contribution in [2.75, 3.05) is 13.7 Å². The SMILES string of the molecule is COc1ccc(-c2nc(CCCCN)[nH]c2C)cc1. The van der Waals surface area contributed by atoms with Crippen LogP contribution in [0.2, 0.25) is 0 Å². The summed E-state index contributed by atoms with van der Waals surface area (Å²) >= 11 is 0. The van der Waals surface area contributed by atoms with E-state index in [9.17, 15) is 0 Å². The molecule has 0 atom stereocenters. The van der Waals surface area contributed by atoms with Crippen molar-refractivity contribution in [2.24, 2.45) is 5.73 Å². The number of nitrogens with one attached hydrogen (secondary N) is 1. The molecule has 0 aliphatic rings. The van der Waals surface area contributed by atoms with E-state index >= 15 is 0 Å². The zero-order valence-electron chi connectivity index (χ0n) is 11.6. The molecule has 1 aromatic carbocycles. The lowest BCUT2D eigenvalue weighted by atomic mass is 10.1. The number of aromatic amines is 1. The van der Waals surface area contributed by atoms with Crippen LogP contribution in [-0.4, -0.2) is 23.6 Å². The van der Waals surface area contributed by atoms with Gasteiger partial charge in [-0.15, -0.1) is 0 Å². The minimum Gasteiger partial charge on any atom is -0.497 e. The molecule has 19 heavy (non-hydrogen) atoms. The number of unbranched alkanes of at least 4 members (excludes halogenated alkanes) is 1. The second-order valence-corrected chi connectivity index (χ2v) is 4.63. The Morgan fingerprint density at radius 2 is 1.95 bits per heavy atom. The van der Waals surface area contributed by atoms with Gasteiger partial charge in [-0.05, 0) is 50.6 Å². The molecule has 1 heterocycles. The van der Waals surface area contributed by atoms with Gasteiger partial charge in [0.25, 0.3) is 0 Å². The number of benzene rings is 1. The number of hydrogen-bond donors (Lipinski definition) is 2. The van der Waals surface area contributed by atoms with Gasteiger partial charge in [0.2, 0.25) is 0 Å². The van der Waals surface area contributed by atoms with E-state index in [2.05, 4.69) is 16.9 Å².